The molecule has 1 aromatic carbocycles. The molecule has 0 bridgehead atoms. The van der Waals surface area contributed by atoms with Gasteiger partial charge in [0.05, 0.1) is 15.1 Å². The van der Waals surface area contributed by atoms with Crippen LogP contribution in [0, 0.1) is 0 Å². The van der Waals surface area contributed by atoms with Crippen molar-refractivity contribution in [2.75, 3.05) is 0 Å². The third kappa shape index (κ3) is 2.58. The molecule has 0 saturated heterocycles. The van der Waals surface area contributed by atoms with Gasteiger partial charge in [-0.2, -0.15) is 0 Å². The molecular formula is C11H5Cl3O2S. The first-order chi connectivity index (χ1) is 7.99. The summed E-state index contributed by atoms with van der Waals surface area (Å²) in [6, 6.07) is 6.39. The van der Waals surface area contributed by atoms with Crippen LogP contribution in [0.3, 0.4) is 0 Å². The van der Waals surface area contributed by atoms with Crippen LogP contribution in [0.25, 0.3) is 10.4 Å². The van der Waals surface area contributed by atoms with Crippen molar-refractivity contribution >= 4 is 52.1 Å². The average molecular weight is 308 g/mol. The lowest BCUT2D eigenvalue weighted by Gasteiger charge is -2.03. The molecule has 0 aliphatic heterocycles. The molecule has 0 atom stereocenters. The maximum absolute atomic E-state index is 10.8. The molecule has 0 fully saturated rings. The Hall–Kier alpha value is -0.740. The molecule has 2 rings (SSSR count). The van der Waals surface area contributed by atoms with E-state index in [-0.39, 0.29) is 4.88 Å². The molecule has 0 spiro atoms. The summed E-state index contributed by atoms with van der Waals surface area (Å²) in [5.74, 6) is -0.961. The van der Waals surface area contributed by atoms with Crippen LogP contribution in [-0.2, 0) is 0 Å². The van der Waals surface area contributed by atoms with E-state index in [9.17, 15) is 4.79 Å². The van der Waals surface area contributed by atoms with Crippen molar-refractivity contribution in [3.8, 4) is 10.4 Å². The molecule has 0 amide bonds. The maximum Gasteiger partial charge on any atom is 0.345 e. The Labute approximate surface area is 116 Å². The lowest BCUT2D eigenvalue weighted by molar-refractivity contribution is 0.0702. The van der Waals surface area contributed by atoms with E-state index in [0.717, 1.165) is 16.2 Å². The van der Waals surface area contributed by atoms with Gasteiger partial charge < -0.3 is 5.11 Å². The molecule has 1 N–H and O–H groups in total. The van der Waals surface area contributed by atoms with Gasteiger partial charge in [-0.25, -0.2) is 4.79 Å². The fraction of sp³-hybridized carbons (Fsp3) is 0. The van der Waals surface area contributed by atoms with Crippen LogP contribution in [0.15, 0.2) is 24.3 Å². The van der Waals surface area contributed by atoms with E-state index in [1.807, 2.05) is 0 Å². The third-order valence-electron chi connectivity index (χ3n) is 2.09. The minimum absolute atomic E-state index is 0.252. The molecule has 88 valence electrons. The molecule has 0 aliphatic carbocycles. The second-order valence-corrected chi connectivity index (χ2v) is 5.52. The van der Waals surface area contributed by atoms with Crippen molar-refractivity contribution in [3.05, 3.63) is 44.2 Å². The Morgan fingerprint density at radius 2 is 1.71 bits per heavy atom. The number of benzene rings is 1. The van der Waals surface area contributed by atoms with Gasteiger partial charge in [-0.3, -0.25) is 0 Å². The monoisotopic (exact) mass is 306 g/mol. The quantitative estimate of drug-likeness (QED) is 0.786. The molecule has 0 unspecified atom stereocenters. The number of rotatable bonds is 2. The Kier molecular flexibility index (Phi) is 3.64. The second-order valence-electron chi connectivity index (χ2n) is 3.22. The van der Waals surface area contributed by atoms with Crippen LogP contribution in [0.1, 0.15) is 9.67 Å². The summed E-state index contributed by atoms with van der Waals surface area (Å²) >= 11 is 18.9. The summed E-state index contributed by atoms with van der Waals surface area (Å²) in [6.45, 7) is 0. The predicted octanol–water partition coefficient (Wildman–Crippen LogP) is 5.07. The highest BCUT2D eigenvalue weighted by atomic mass is 35.5. The van der Waals surface area contributed by atoms with Crippen molar-refractivity contribution in [1.82, 2.24) is 0 Å². The summed E-state index contributed by atoms with van der Waals surface area (Å²) in [6.07, 6.45) is 0. The van der Waals surface area contributed by atoms with E-state index in [1.54, 1.807) is 18.2 Å². The fourth-order valence-electron chi connectivity index (χ4n) is 1.31. The zero-order valence-corrected chi connectivity index (χ0v) is 11.3. The number of carboxylic acid groups (broad SMARTS) is 1. The van der Waals surface area contributed by atoms with Gasteiger partial charge in [0.2, 0.25) is 0 Å². The zero-order valence-electron chi connectivity index (χ0n) is 8.21. The molecular weight excluding hydrogens is 303 g/mol. The summed E-state index contributed by atoms with van der Waals surface area (Å²) in [5.41, 5.74) is 0.679. The van der Waals surface area contributed by atoms with E-state index in [2.05, 4.69) is 0 Å². The predicted molar refractivity (Wildman–Crippen MR) is 71.7 cm³/mol. The van der Waals surface area contributed by atoms with Gasteiger partial charge in [0.15, 0.2) is 0 Å². The molecule has 0 aliphatic rings. The molecule has 1 heterocycles. The van der Waals surface area contributed by atoms with Crippen molar-refractivity contribution in [1.29, 1.82) is 0 Å². The molecule has 1 aromatic heterocycles. The first kappa shape index (κ1) is 12.7. The van der Waals surface area contributed by atoms with Crippen molar-refractivity contribution in [2.24, 2.45) is 0 Å². The number of carboxylic acids is 1. The SMILES string of the molecule is O=C(O)c1ccc(-c2cc(Cl)c(Cl)cc2Cl)s1. The van der Waals surface area contributed by atoms with Crippen molar-refractivity contribution in [2.45, 2.75) is 0 Å². The van der Waals surface area contributed by atoms with Gasteiger partial charge in [0, 0.05) is 10.4 Å². The molecule has 0 radical (unpaired) electrons. The van der Waals surface area contributed by atoms with E-state index in [4.69, 9.17) is 39.9 Å². The maximum atomic E-state index is 10.8. The number of hydrogen-bond donors (Lipinski definition) is 1. The van der Waals surface area contributed by atoms with Gasteiger partial charge in [0.1, 0.15) is 4.88 Å². The first-order valence-electron chi connectivity index (χ1n) is 4.47. The summed E-state index contributed by atoms with van der Waals surface area (Å²) in [7, 11) is 0. The molecule has 2 nitrogen and oxygen atoms in total. The van der Waals surface area contributed by atoms with E-state index in [1.165, 1.54) is 6.07 Å². The smallest absolute Gasteiger partial charge is 0.345 e. The zero-order chi connectivity index (χ0) is 12.6. The van der Waals surface area contributed by atoms with Crippen LogP contribution in [0.5, 0.6) is 0 Å². The lowest BCUT2D eigenvalue weighted by Crippen LogP contribution is -1.89. The van der Waals surface area contributed by atoms with Crippen molar-refractivity contribution in [3.63, 3.8) is 0 Å². The number of carbonyl (C=O) groups is 1. The highest BCUT2D eigenvalue weighted by molar-refractivity contribution is 7.17. The van der Waals surface area contributed by atoms with Crippen LogP contribution in [0.4, 0.5) is 0 Å². The van der Waals surface area contributed by atoms with Gasteiger partial charge in [-0.15, -0.1) is 11.3 Å². The number of halogens is 3. The third-order valence-corrected chi connectivity index (χ3v) is 4.23. The summed E-state index contributed by atoms with van der Waals surface area (Å²) in [5, 5.41) is 10.0. The van der Waals surface area contributed by atoms with E-state index >= 15 is 0 Å². The lowest BCUT2D eigenvalue weighted by atomic mass is 10.2. The molecule has 0 saturated carbocycles. The summed E-state index contributed by atoms with van der Waals surface area (Å²) in [4.78, 5) is 11.8. The van der Waals surface area contributed by atoms with Gasteiger partial charge >= 0.3 is 5.97 Å². The topological polar surface area (TPSA) is 37.3 Å². The first-order valence-corrected chi connectivity index (χ1v) is 6.42. The van der Waals surface area contributed by atoms with Crippen LogP contribution >= 0.6 is 46.1 Å². The minimum Gasteiger partial charge on any atom is -0.477 e. The van der Waals surface area contributed by atoms with Crippen LogP contribution in [-0.4, -0.2) is 11.1 Å². The standard InChI is InChI=1S/C11H5Cl3O2S/c12-6-4-8(14)7(13)3-5(6)9-1-2-10(17-9)11(15)16/h1-4H,(H,15,16). The molecule has 17 heavy (non-hydrogen) atoms. The highest BCUT2D eigenvalue weighted by Crippen LogP contribution is 2.38. The summed E-state index contributed by atoms with van der Waals surface area (Å²) < 4.78 is 0. The molecule has 6 heteroatoms. The van der Waals surface area contributed by atoms with E-state index < -0.39 is 5.97 Å². The van der Waals surface area contributed by atoms with E-state index in [0.29, 0.717) is 20.6 Å². The fourth-order valence-corrected chi connectivity index (χ4v) is 2.89. The minimum atomic E-state index is -0.961. The number of thiophene rings is 1. The number of hydrogen-bond acceptors (Lipinski definition) is 2. The van der Waals surface area contributed by atoms with Gasteiger partial charge in [-0.05, 0) is 24.3 Å². The largest absolute Gasteiger partial charge is 0.477 e. The van der Waals surface area contributed by atoms with Gasteiger partial charge in [-0.1, -0.05) is 34.8 Å². The second kappa shape index (κ2) is 4.86. The molecule has 2 aromatic rings. The Bertz CT molecular complexity index is 592. The Morgan fingerprint density at radius 3 is 2.29 bits per heavy atom. The Balaban J connectivity index is 2.52. The highest BCUT2D eigenvalue weighted by Gasteiger charge is 2.12. The number of aromatic carboxylic acids is 1. The van der Waals surface area contributed by atoms with Crippen molar-refractivity contribution < 1.29 is 9.90 Å². The van der Waals surface area contributed by atoms with Crippen LogP contribution in [0.2, 0.25) is 15.1 Å². The van der Waals surface area contributed by atoms with Crippen LogP contribution < -0.4 is 0 Å². The van der Waals surface area contributed by atoms with Gasteiger partial charge in [0.25, 0.3) is 0 Å². The normalized spacial score (nSPS) is 10.5. The Morgan fingerprint density at radius 1 is 1.06 bits per heavy atom. The average Bonchev–Trinajstić information content (AvgIpc) is 2.72.